The second kappa shape index (κ2) is 12.7. The number of aromatic nitrogens is 2. The van der Waals surface area contributed by atoms with Gasteiger partial charge in [-0.15, -0.1) is 0 Å². The molecule has 242 valence electrons. The summed E-state index contributed by atoms with van der Waals surface area (Å²) in [4.78, 5) is 15.1. The first kappa shape index (κ1) is 32.6. The predicted octanol–water partition coefficient (Wildman–Crippen LogP) is 6.86. The highest BCUT2D eigenvalue weighted by Gasteiger charge is 2.50. The summed E-state index contributed by atoms with van der Waals surface area (Å²) in [6.07, 6.45) is 0.276. The minimum atomic E-state index is -2.92. The molecule has 0 atom stereocenters. The quantitative estimate of drug-likeness (QED) is 0.183. The Morgan fingerprint density at radius 2 is 1.55 bits per heavy atom. The van der Waals surface area contributed by atoms with Crippen molar-refractivity contribution in [2.24, 2.45) is 0 Å². The topological polar surface area (TPSA) is 73.4 Å². The average molecular weight is 675 g/mol. The Kier molecular flexibility index (Phi) is 8.77. The summed E-state index contributed by atoms with van der Waals surface area (Å²) in [6.45, 7) is 6.56. The molecule has 1 aromatic heterocycles. The molecule has 4 aromatic carbocycles. The number of benzene rings is 4. The number of nitrogens with zero attached hydrogens (tertiary/aromatic N) is 3. The Labute approximate surface area is 277 Å². The Balaban J connectivity index is 1.33. The second-order valence-electron chi connectivity index (χ2n) is 12.7. The van der Waals surface area contributed by atoms with E-state index in [0.29, 0.717) is 11.1 Å². The molecule has 0 aliphatic carbocycles. The van der Waals surface area contributed by atoms with Crippen LogP contribution >= 0.6 is 11.6 Å². The number of amides is 1. The molecule has 6 rings (SSSR count). The van der Waals surface area contributed by atoms with E-state index in [0.717, 1.165) is 16.4 Å². The molecule has 1 aliphatic rings. The van der Waals surface area contributed by atoms with Gasteiger partial charge in [-0.3, -0.25) is 4.79 Å². The first-order valence-electron chi connectivity index (χ1n) is 15.2. The van der Waals surface area contributed by atoms with E-state index in [2.05, 4.69) is 50.1 Å². The maximum Gasteiger partial charge on any atom is 0.279 e. The number of hydrogen-bond acceptors (Lipinski definition) is 4. The fourth-order valence-electron chi connectivity index (χ4n) is 6.43. The van der Waals surface area contributed by atoms with Gasteiger partial charge in [0.05, 0.1) is 23.9 Å². The van der Waals surface area contributed by atoms with Crippen molar-refractivity contribution in [3.05, 3.63) is 136 Å². The normalized spacial score (nSPS) is 13.6. The largest absolute Gasteiger partial charge is 0.403 e. The van der Waals surface area contributed by atoms with Crippen LogP contribution in [-0.4, -0.2) is 30.5 Å². The molecule has 47 heavy (non-hydrogen) atoms. The molecule has 0 spiro atoms. The molecule has 0 unspecified atom stereocenters. The van der Waals surface area contributed by atoms with E-state index in [1.54, 1.807) is 6.07 Å². The van der Waals surface area contributed by atoms with E-state index < -0.39 is 31.7 Å². The van der Waals surface area contributed by atoms with Gasteiger partial charge in [0.25, 0.3) is 14.2 Å². The minimum absolute atomic E-state index is 0.00139. The van der Waals surface area contributed by atoms with Crippen molar-refractivity contribution in [1.29, 1.82) is 0 Å². The molecule has 1 amide bonds. The molecule has 0 fully saturated rings. The summed E-state index contributed by atoms with van der Waals surface area (Å²) in [5.74, 6) is -3.15. The van der Waals surface area contributed by atoms with Crippen molar-refractivity contribution >= 4 is 47.7 Å². The summed E-state index contributed by atoms with van der Waals surface area (Å²) in [7, 11) is -2.92. The van der Waals surface area contributed by atoms with Crippen molar-refractivity contribution in [1.82, 2.24) is 9.78 Å². The maximum atomic E-state index is 15.7. The zero-order valence-corrected chi connectivity index (χ0v) is 28.0. The number of carbonyl (C=O) groups excluding carboxylic acids is 1. The van der Waals surface area contributed by atoms with Gasteiger partial charge >= 0.3 is 0 Å². The minimum Gasteiger partial charge on any atom is -0.403 e. The lowest BCUT2D eigenvalue weighted by atomic mass is 10.0. The third-order valence-corrected chi connectivity index (χ3v) is 14.0. The van der Waals surface area contributed by atoms with Gasteiger partial charge in [0.15, 0.2) is 23.1 Å². The van der Waals surface area contributed by atoms with Crippen LogP contribution in [0, 0.1) is 17.5 Å². The average Bonchev–Trinajstić information content (AvgIpc) is 3.37. The number of halogens is 4. The molecule has 11 heteroatoms. The summed E-state index contributed by atoms with van der Waals surface area (Å²) in [5.41, 5.74) is 7.43. The van der Waals surface area contributed by atoms with Crippen molar-refractivity contribution in [3.8, 4) is 0 Å². The summed E-state index contributed by atoms with van der Waals surface area (Å²) in [5, 5.41) is 6.11. The number of hydrogen-bond donors (Lipinski definition) is 1. The van der Waals surface area contributed by atoms with Crippen molar-refractivity contribution in [3.63, 3.8) is 0 Å². The van der Waals surface area contributed by atoms with Gasteiger partial charge < -0.3 is 15.1 Å². The standard InChI is InChI=1S/C36H34ClF3N4O2Si/c1-36(2,3)47(25-12-6-4-7-13-25,26-14-8-5-9-15-26)46-22-23-19-28(37)32(40)30(20-23)43-18-17-27-33(35(43)45)42-44(34(27)41)21-24-11-10-16-29(38)31(24)39/h4-16,19-20H,17-18,21-22,41H2,1-3H3. The third kappa shape index (κ3) is 5.86. The Morgan fingerprint density at radius 3 is 2.17 bits per heavy atom. The number of rotatable bonds is 8. The number of nitrogen functional groups attached to an aromatic ring is 1. The van der Waals surface area contributed by atoms with Gasteiger partial charge in [-0.25, -0.2) is 17.9 Å². The van der Waals surface area contributed by atoms with Crippen molar-refractivity contribution < 1.29 is 22.4 Å². The van der Waals surface area contributed by atoms with Crippen LogP contribution in [0.4, 0.5) is 24.7 Å². The zero-order chi connectivity index (χ0) is 33.5. The molecule has 0 saturated heterocycles. The molecule has 2 N–H and O–H groups in total. The Bertz CT molecular complexity index is 1910. The molecule has 0 saturated carbocycles. The van der Waals surface area contributed by atoms with Gasteiger partial charge in [-0.2, -0.15) is 5.10 Å². The molecular formula is C36H34ClF3N4O2Si. The van der Waals surface area contributed by atoms with Gasteiger partial charge in [-0.1, -0.05) is 105 Å². The van der Waals surface area contributed by atoms with Crippen molar-refractivity contribution in [2.75, 3.05) is 17.2 Å². The fraction of sp³-hybridized carbons (Fsp3) is 0.222. The summed E-state index contributed by atoms with van der Waals surface area (Å²) in [6, 6.07) is 27.2. The number of anilines is 2. The van der Waals surface area contributed by atoms with E-state index >= 15 is 4.39 Å². The highest BCUT2D eigenvalue weighted by molar-refractivity contribution is 6.99. The lowest BCUT2D eigenvalue weighted by Gasteiger charge is -2.43. The summed E-state index contributed by atoms with van der Waals surface area (Å²) < 4.78 is 52.2. The van der Waals surface area contributed by atoms with E-state index in [1.807, 2.05) is 36.4 Å². The zero-order valence-electron chi connectivity index (χ0n) is 26.2. The van der Waals surface area contributed by atoms with Crippen LogP contribution in [0.25, 0.3) is 0 Å². The monoisotopic (exact) mass is 674 g/mol. The van der Waals surface area contributed by atoms with E-state index in [4.69, 9.17) is 21.8 Å². The van der Waals surface area contributed by atoms with Crippen LogP contribution in [-0.2, 0) is 24.0 Å². The molecular weight excluding hydrogens is 641 g/mol. The van der Waals surface area contributed by atoms with Crippen LogP contribution in [0.1, 0.15) is 48.0 Å². The smallest absolute Gasteiger partial charge is 0.279 e. The fourth-order valence-corrected chi connectivity index (χ4v) is 11.2. The SMILES string of the molecule is CC(C)(C)[Si](OCc1cc(Cl)c(F)c(N2CCc3c(nn(Cc4cccc(F)c4F)c3N)C2=O)c1)(c1ccccc1)c1ccccc1. The lowest BCUT2D eigenvalue weighted by Crippen LogP contribution is -2.66. The summed E-state index contributed by atoms with van der Waals surface area (Å²) >= 11 is 6.44. The Hall–Kier alpha value is -4.38. The molecule has 0 radical (unpaired) electrons. The van der Waals surface area contributed by atoms with Gasteiger partial charge in [-0.05, 0) is 45.6 Å². The van der Waals surface area contributed by atoms with Gasteiger partial charge in [0.1, 0.15) is 5.82 Å². The number of carbonyl (C=O) groups is 1. The lowest BCUT2D eigenvalue weighted by molar-refractivity contribution is 0.0974. The van der Waals surface area contributed by atoms with Gasteiger partial charge in [0, 0.05) is 17.7 Å². The van der Waals surface area contributed by atoms with E-state index in [-0.39, 0.29) is 58.9 Å². The van der Waals surface area contributed by atoms with Crippen LogP contribution in [0.5, 0.6) is 0 Å². The van der Waals surface area contributed by atoms with Crippen LogP contribution in [0.15, 0.2) is 91.0 Å². The Morgan fingerprint density at radius 1 is 0.915 bits per heavy atom. The van der Waals surface area contributed by atoms with E-state index in [9.17, 15) is 13.6 Å². The third-order valence-electron chi connectivity index (χ3n) is 8.71. The van der Waals surface area contributed by atoms with Crippen LogP contribution < -0.4 is 21.0 Å². The first-order chi connectivity index (χ1) is 22.4. The number of nitrogens with two attached hydrogens (primary N) is 1. The van der Waals surface area contributed by atoms with E-state index in [1.165, 1.54) is 27.8 Å². The maximum absolute atomic E-state index is 15.7. The molecule has 1 aliphatic heterocycles. The predicted molar refractivity (Wildman–Crippen MR) is 181 cm³/mol. The molecule has 2 heterocycles. The van der Waals surface area contributed by atoms with Crippen LogP contribution in [0.2, 0.25) is 10.1 Å². The van der Waals surface area contributed by atoms with Crippen molar-refractivity contribution in [2.45, 2.75) is 45.4 Å². The van der Waals surface area contributed by atoms with Gasteiger partial charge in [0.2, 0.25) is 0 Å². The molecule has 5 aromatic rings. The molecule has 6 nitrogen and oxygen atoms in total. The second-order valence-corrected chi connectivity index (χ2v) is 17.4. The highest BCUT2D eigenvalue weighted by atomic mass is 35.5. The molecule has 0 bridgehead atoms. The highest BCUT2D eigenvalue weighted by Crippen LogP contribution is 2.38. The van der Waals surface area contributed by atoms with Crippen LogP contribution in [0.3, 0.4) is 0 Å². The number of fused-ring (bicyclic) bond motifs is 1. The first-order valence-corrected chi connectivity index (χ1v) is 17.5.